The zero-order valence-electron chi connectivity index (χ0n) is 11.6. The van der Waals surface area contributed by atoms with Crippen LogP contribution < -0.4 is 10.2 Å². The van der Waals surface area contributed by atoms with Gasteiger partial charge in [-0.15, -0.1) is 0 Å². The number of halogens is 1. The predicted molar refractivity (Wildman–Crippen MR) is 85.4 cm³/mol. The molecule has 0 radical (unpaired) electrons. The van der Waals surface area contributed by atoms with Gasteiger partial charge in [0.1, 0.15) is 4.60 Å². The number of nitrogens with zero attached hydrogens (tertiary/aromatic N) is 2. The Labute approximate surface area is 127 Å². The maximum Gasteiger partial charge on any atom is 0.257 e. The van der Waals surface area contributed by atoms with Gasteiger partial charge < -0.3 is 10.2 Å². The normalized spacial score (nSPS) is 10.2. The van der Waals surface area contributed by atoms with Crippen molar-refractivity contribution in [1.29, 1.82) is 0 Å². The van der Waals surface area contributed by atoms with Crippen LogP contribution in [0.5, 0.6) is 0 Å². The number of anilines is 2. The van der Waals surface area contributed by atoms with Crippen LogP contribution in [0.1, 0.15) is 15.9 Å². The molecule has 0 saturated carbocycles. The molecular formula is C15H16BrN3O. The number of hydrogen-bond acceptors (Lipinski definition) is 3. The molecule has 0 spiro atoms. The zero-order chi connectivity index (χ0) is 14.7. The van der Waals surface area contributed by atoms with E-state index in [1.165, 1.54) is 5.56 Å². The molecule has 0 saturated heterocycles. The summed E-state index contributed by atoms with van der Waals surface area (Å²) in [6.07, 6.45) is 1.54. The number of aryl methyl sites for hydroxylation is 1. The Morgan fingerprint density at radius 1 is 1.25 bits per heavy atom. The smallest absolute Gasteiger partial charge is 0.257 e. The average molecular weight is 334 g/mol. The maximum atomic E-state index is 12.1. The highest BCUT2D eigenvalue weighted by Gasteiger charge is 2.08. The van der Waals surface area contributed by atoms with Gasteiger partial charge in [0.15, 0.2) is 0 Å². The van der Waals surface area contributed by atoms with Crippen LogP contribution in [0.4, 0.5) is 11.4 Å². The molecule has 0 unspecified atom stereocenters. The standard InChI is InChI=1S/C15H16BrN3O/c1-10-4-6-12(8-13(10)19(2)3)18-15(20)11-5-7-14(16)17-9-11/h4-9H,1-3H3,(H,18,20). The third kappa shape index (κ3) is 3.36. The van der Waals surface area contributed by atoms with Crippen molar-refractivity contribution in [2.24, 2.45) is 0 Å². The molecular weight excluding hydrogens is 318 g/mol. The van der Waals surface area contributed by atoms with E-state index in [9.17, 15) is 4.79 Å². The molecule has 0 atom stereocenters. The van der Waals surface area contributed by atoms with Crippen molar-refractivity contribution >= 4 is 33.2 Å². The lowest BCUT2D eigenvalue weighted by Gasteiger charge is -2.17. The van der Waals surface area contributed by atoms with Gasteiger partial charge >= 0.3 is 0 Å². The minimum atomic E-state index is -0.168. The van der Waals surface area contributed by atoms with E-state index in [1.807, 2.05) is 44.1 Å². The second-order valence-electron chi connectivity index (χ2n) is 4.72. The topological polar surface area (TPSA) is 45.2 Å². The summed E-state index contributed by atoms with van der Waals surface area (Å²) in [4.78, 5) is 18.2. The van der Waals surface area contributed by atoms with E-state index in [-0.39, 0.29) is 5.91 Å². The fraction of sp³-hybridized carbons (Fsp3) is 0.200. The van der Waals surface area contributed by atoms with Crippen molar-refractivity contribution in [3.05, 3.63) is 52.3 Å². The number of amides is 1. The van der Waals surface area contributed by atoms with Gasteiger partial charge in [-0.05, 0) is 52.7 Å². The Balaban J connectivity index is 2.19. The minimum absolute atomic E-state index is 0.168. The van der Waals surface area contributed by atoms with Gasteiger partial charge in [-0.2, -0.15) is 0 Å². The first-order chi connectivity index (χ1) is 9.47. The number of aromatic nitrogens is 1. The molecule has 0 aliphatic rings. The second-order valence-corrected chi connectivity index (χ2v) is 5.53. The lowest BCUT2D eigenvalue weighted by molar-refractivity contribution is 0.102. The molecule has 0 fully saturated rings. The maximum absolute atomic E-state index is 12.1. The number of hydrogen-bond donors (Lipinski definition) is 1. The van der Waals surface area contributed by atoms with E-state index in [0.29, 0.717) is 10.2 Å². The molecule has 1 amide bonds. The zero-order valence-corrected chi connectivity index (χ0v) is 13.2. The summed E-state index contributed by atoms with van der Waals surface area (Å²) >= 11 is 3.25. The molecule has 2 aromatic rings. The quantitative estimate of drug-likeness (QED) is 0.874. The number of benzene rings is 1. The molecule has 4 nitrogen and oxygen atoms in total. The first-order valence-electron chi connectivity index (χ1n) is 6.18. The molecule has 2 rings (SSSR count). The van der Waals surface area contributed by atoms with Crippen molar-refractivity contribution in [2.45, 2.75) is 6.92 Å². The van der Waals surface area contributed by atoms with E-state index >= 15 is 0 Å². The number of pyridine rings is 1. The summed E-state index contributed by atoms with van der Waals surface area (Å²) in [5.41, 5.74) is 3.54. The first-order valence-corrected chi connectivity index (χ1v) is 6.97. The third-order valence-electron chi connectivity index (χ3n) is 2.94. The lowest BCUT2D eigenvalue weighted by Crippen LogP contribution is -2.14. The van der Waals surface area contributed by atoms with Crippen LogP contribution in [0, 0.1) is 6.92 Å². The van der Waals surface area contributed by atoms with Crippen LogP contribution in [0.25, 0.3) is 0 Å². The van der Waals surface area contributed by atoms with E-state index < -0.39 is 0 Å². The summed E-state index contributed by atoms with van der Waals surface area (Å²) < 4.78 is 0.708. The fourth-order valence-corrected chi connectivity index (χ4v) is 2.12. The summed E-state index contributed by atoms with van der Waals surface area (Å²) in [6.45, 7) is 2.04. The van der Waals surface area contributed by atoms with Crippen LogP contribution in [-0.2, 0) is 0 Å². The van der Waals surface area contributed by atoms with Crippen molar-refractivity contribution < 1.29 is 4.79 Å². The van der Waals surface area contributed by atoms with Crippen LogP contribution in [0.3, 0.4) is 0 Å². The molecule has 104 valence electrons. The van der Waals surface area contributed by atoms with E-state index in [1.54, 1.807) is 18.3 Å². The van der Waals surface area contributed by atoms with Crippen LogP contribution in [0.15, 0.2) is 41.1 Å². The molecule has 0 bridgehead atoms. The first kappa shape index (κ1) is 14.5. The fourth-order valence-electron chi connectivity index (χ4n) is 1.88. The van der Waals surface area contributed by atoms with E-state index in [2.05, 4.69) is 26.2 Å². The molecule has 5 heteroatoms. The van der Waals surface area contributed by atoms with Gasteiger partial charge in [-0.3, -0.25) is 4.79 Å². The number of rotatable bonds is 3. The Morgan fingerprint density at radius 2 is 2.00 bits per heavy atom. The Bertz CT molecular complexity index is 624. The number of carbonyl (C=O) groups is 1. The Hall–Kier alpha value is -1.88. The summed E-state index contributed by atoms with van der Waals surface area (Å²) in [6, 6.07) is 9.32. The van der Waals surface area contributed by atoms with Crippen LogP contribution in [0.2, 0.25) is 0 Å². The molecule has 1 heterocycles. The van der Waals surface area contributed by atoms with Crippen LogP contribution >= 0.6 is 15.9 Å². The van der Waals surface area contributed by atoms with E-state index in [4.69, 9.17) is 0 Å². The number of carbonyl (C=O) groups excluding carboxylic acids is 1. The Morgan fingerprint density at radius 3 is 2.60 bits per heavy atom. The molecule has 0 aliphatic carbocycles. The Kier molecular flexibility index (Phi) is 4.39. The van der Waals surface area contributed by atoms with Crippen LogP contribution in [-0.4, -0.2) is 25.0 Å². The van der Waals surface area contributed by atoms with Gasteiger partial charge in [-0.1, -0.05) is 6.07 Å². The summed E-state index contributed by atoms with van der Waals surface area (Å²) in [5.74, 6) is -0.168. The molecule has 1 N–H and O–H groups in total. The van der Waals surface area contributed by atoms with Gasteiger partial charge in [0.2, 0.25) is 0 Å². The van der Waals surface area contributed by atoms with Gasteiger partial charge in [0.25, 0.3) is 5.91 Å². The highest BCUT2D eigenvalue weighted by molar-refractivity contribution is 9.10. The summed E-state index contributed by atoms with van der Waals surface area (Å²) in [7, 11) is 3.96. The molecule has 0 aliphatic heterocycles. The third-order valence-corrected chi connectivity index (χ3v) is 3.41. The van der Waals surface area contributed by atoms with Gasteiger partial charge in [-0.25, -0.2) is 4.98 Å². The minimum Gasteiger partial charge on any atom is -0.377 e. The molecule has 1 aromatic carbocycles. The van der Waals surface area contributed by atoms with Crippen molar-refractivity contribution in [3.63, 3.8) is 0 Å². The largest absolute Gasteiger partial charge is 0.377 e. The molecule has 20 heavy (non-hydrogen) atoms. The van der Waals surface area contributed by atoms with Crippen molar-refractivity contribution in [1.82, 2.24) is 4.98 Å². The van der Waals surface area contributed by atoms with Gasteiger partial charge in [0, 0.05) is 31.7 Å². The lowest BCUT2D eigenvalue weighted by atomic mass is 10.1. The highest BCUT2D eigenvalue weighted by atomic mass is 79.9. The monoisotopic (exact) mass is 333 g/mol. The molecule has 1 aromatic heterocycles. The summed E-state index contributed by atoms with van der Waals surface area (Å²) in [5, 5.41) is 2.88. The predicted octanol–water partition coefficient (Wildman–Crippen LogP) is 3.47. The SMILES string of the molecule is Cc1ccc(NC(=O)c2ccc(Br)nc2)cc1N(C)C. The van der Waals surface area contributed by atoms with Gasteiger partial charge in [0.05, 0.1) is 5.56 Å². The highest BCUT2D eigenvalue weighted by Crippen LogP contribution is 2.22. The van der Waals surface area contributed by atoms with Crippen molar-refractivity contribution in [2.75, 3.05) is 24.3 Å². The average Bonchev–Trinajstić information content (AvgIpc) is 2.41. The van der Waals surface area contributed by atoms with Crippen molar-refractivity contribution in [3.8, 4) is 0 Å². The van der Waals surface area contributed by atoms with E-state index in [0.717, 1.165) is 11.4 Å². The second kappa shape index (κ2) is 6.05. The number of nitrogens with one attached hydrogen (secondary N) is 1.